The van der Waals surface area contributed by atoms with Crippen LogP contribution in [-0.4, -0.2) is 6.29 Å². The summed E-state index contributed by atoms with van der Waals surface area (Å²) in [5.41, 5.74) is -0.0720. The second-order valence-corrected chi connectivity index (χ2v) is 2.60. The molecule has 0 aliphatic carbocycles. The normalized spacial score (nSPS) is 9.38. The van der Waals surface area contributed by atoms with Gasteiger partial charge in [-0.1, -0.05) is 5.92 Å². The van der Waals surface area contributed by atoms with Crippen molar-refractivity contribution in [3.63, 3.8) is 0 Å². The van der Waals surface area contributed by atoms with E-state index in [0.717, 1.165) is 0 Å². The molecule has 1 radical (unpaired) electrons. The molecule has 0 unspecified atom stereocenters. The number of rotatable bonds is 0. The lowest BCUT2D eigenvalue weighted by Gasteiger charge is -2.05. The molecule has 0 amide bonds. The van der Waals surface area contributed by atoms with E-state index in [4.69, 9.17) is 0 Å². The quantitative estimate of drug-likeness (QED) is 0.426. The van der Waals surface area contributed by atoms with Gasteiger partial charge in [0.05, 0.1) is 0 Å². The predicted molar refractivity (Wildman–Crippen MR) is 32.9 cm³/mol. The third-order valence-electron chi connectivity index (χ3n) is 0.489. The molecule has 0 aliphatic rings. The third kappa shape index (κ3) is 5.23. The molecule has 0 atom stereocenters. The summed E-state index contributed by atoms with van der Waals surface area (Å²) in [7, 11) is 0. The zero-order valence-electron chi connectivity index (χ0n) is 5.41. The van der Waals surface area contributed by atoms with E-state index in [-0.39, 0.29) is 5.41 Å². The lowest BCUT2D eigenvalue weighted by molar-refractivity contribution is 0.561. The minimum Gasteiger partial charge on any atom is -0.275 e. The molecule has 0 aromatic carbocycles. The van der Waals surface area contributed by atoms with Crippen LogP contribution < -0.4 is 0 Å². The summed E-state index contributed by atoms with van der Waals surface area (Å²) in [6, 6.07) is 0. The smallest absolute Gasteiger partial charge is 0.275 e. The first-order valence-corrected chi connectivity index (χ1v) is 2.45. The first-order valence-electron chi connectivity index (χ1n) is 2.45. The van der Waals surface area contributed by atoms with Crippen molar-refractivity contribution in [1.82, 2.24) is 0 Å². The van der Waals surface area contributed by atoms with Gasteiger partial charge in [0.25, 0.3) is 6.29 Å². The number of hydrogen-bond donors (Lipinski definition) is 0. The predicted octanol–water partition coefficient (Wildman–Crippen LogP) is 1.15. The average molecular weight is 109 g/mol. The van der Waals surface area contributed by atoms with E-state index in [1.54, 1.807) is 0 Å². The second-order valence-electron chi connectivity index (χ2n) is 2.60. The van der Waals surface area contributed by atoms with Crippen LogP contribution in [-0.2, 0) is 4.79 Å². The van der Waals surface area contributed by atoms with Crippen LogP contribution in [0.25, 0.3) is 0 Å². The van der Waals surface area contributed by atoms with E-state index >= 15 is 0 Å². The summed E-state index contributed by atoms with van der Waals surface area (Å²) >= 11 is 0. The van der Waals surface area contributed by atoms with E-state index < -0.39 is 0 Å². The fourth-order valence-electron chi connectivity index (χ4n) is 0.213. The summed E-state index contributed by atoms with van der Waals surface area (Å²) in [5, 5.41) is 0. The number of carbonyl (C=O) groups excluding carboxylic acids is 1. The minimum absolute atomic E-state index is 0.0720. The molecule has 0 saturated heterocycles. The van der Waals surface area contributed by atoms with Crippen LogP contribution in [0.15, 0.2) is 0 Å². The van der Waals surface area contributed by atoms with Gasteiger partial charge in [0.15, 0.2) is 0 Å². The summed E-state index contributed by atoms with van der Waals surface area (Å²) in [6.45, 7) is 5.83. The Bertz CT molecular complexity index is 129. The van der Waals surface area contributed by atoms with Crippen molar-refractivity contribution in [3.8, 4) is 11.8 Å². The molecule has 0 heterocycles. The molecule has 0 aliphatic heterocycles. The molecule has 0 bridgehead atoms. The van der Waals surface area contributed by atoms with Gasteiger partial charge in [-0.25, -0.2) is 0 Å². The monoisotopic (exact) mass is 109 g/mol. The van der Waals surface area contributed by atoms with E-state index in [9.17, 15) is 4.79 Å². The molecule has 0 N–H and O–H groups in total. The molecular formula is C7H9O. The SMILES string of the molecule is CC(C)(C)C#C[C]=O. The Kier molecular flexibility index (Phi) is 2.27. The van der Waals surface area contributed by atoms with Crippen LogP contribution in [0.1, 0.15) is 20.8 Å². The molecule has 1 nitrogen and oxygen atoms in total. The van der Waals surface area contributed by atoms with Crippen LogP contribution in [0.4, 0.5) is 0 Å². The van der Waals surface area contributed by atoms with Crippen LogP contribution >= 0.6 is 0 Å². The average Bonchev–Trinajstić information content (AvgIpc) is 1.59. The van der Waals surface area contributed by atoms with Gasteiger partial charge in [0, 0.05) is 5.41 Å². The Balaban J connectivity index is 3.87. The highest BCUT2D eigenvalue weighted by molar-refractivity contribution is 5.73. The van der Waals surface area contributed by atoms with Gasteiger partial charge in [0.2, 0.25) is 0 Å². The fourth-order valence-corrected chi connectivity index (χ4v) is 0.213. The molecule has 0 rings (SSSR count). The molecule has 1 heteroatoms. The summed E-state index contributed by atoms with van der Waals surface area (Å²) in [4.78, 5) is 9.55. The first-order chi connectivity index (χ1) is 3.56. The van der Waals surface area contributed by atoms with Gasteiger partial charge >= 0.3 is 0 Å². The molecule has 0 fully saturated rings. The zero-order chi connectivity index (χ0) is 6.62. The Morgan fingerprint density at radius 2 is 1.75 bits per heavy atom. The molecular weight excluding hydrogens is 100 g/mol. The van der Waals surface area contributed by atoms with E-state index in [1.165, 1.54) is 6.29 Å². The van der Waals surface area contributed by atoms with E-state index in [1.807, 2.05) is 20.8 Å². The number of hydrogen-bond acceptors (Lipinski definition) is 1. The lowest BCUT2D eigenvalue weighted by atomic mass is 9.98. The molecule has 0 spiro atoms. The summed E-state index contributed by atoms with van der Waals surface area (Å²) in [5.74, 6) is 4.93. The topological polar surface area (TPSA) is 17.1 Å². The largest absolute Gasteiger partial charge is 0.284 e. The summed E-state index contributed by atoms with van der Waals surface area (Å²) < 4.78 is 0. The standard InChI is InChI=1S/C7H9O/c1-7(2,3)5-4-6-8/h1-3H3. The highest BCUT2D eigenvalue weighted by atomic mass is 16.1. The Hall–Kier alpha value is -0.770. The molecule has 0 aromatic heterocycles. The van der Waals surface area contributed by atoms with Gasteiger partial charge in [-0.2, -0.15) is 0 Å². The van der Waals surface area contributed by atoms with Crippen LogP contribution in [0.3, 0.4) is 0 Å². The lowest BCUT2D eigenvalue weighted by Crippen LogP contribution is -1.98. The van der Waals surface area contributed by atoms with Crippen molar-refractivity contribution in [1.29, 1.82) is 0 Å². The van der Waals surface area contributed by atoms with Crippen molar-refractivity contribution >= 4 is 6.29 Å². The minimum atomic E-state index is -0.0720. The summed E-state index contributed by atoms with van der Waals surface area (Å²) in [6.07, 6.45) is 1.51. The van der Waals surface area contributed by atoms with Crippen LogP contribution in [0, 0.1) is 17.3 Å². The van der Waals surface area contributed by atoms with Gasteiger partial charge in [-0.15, -0.1) is 0 Å². The van der Waals surface area contributed by atoms with Gasteiger partial charge in [-0.05, 0) is 26.7 Å². The van der Waals surface area contributed by atoms with Crippen molar-refractivity contribution < 1.29 is 4.79 Å². The first kappa shape index (κ1) is 7.23. The Labute approximate surface area is 50.1 Å². The van der Waals surface area contributed by atoms with Gasteiger partial charge < -0.3 is 0 Å². The highest BCUT2D eigenvalue weighted by Gasteiger charge is 2.02. The fraction of sp³-hybridized carbons (Fsp3) is 0.571. The van der Waals surface area contributed by atoms with Crippen molar-refractivity contribution in [2.45, 2.75) is 20.8 Å². The Morgan fingerprint density at radius 1 is 1.25 bits per heavy atom. The third-order valence-corrected chi connectivity index (χ3v) is 0.489. The van der Waals surface area contributed by atoms with E-state index in [0.29, 0.717) is 0 Å². The van der Waals surface area contributed by atoms with Gasteiger partial charge in [0.1, 0.15) is 0 Å². The maximum absolute atomic E-state index is 9.55. The molecule has 43 valence electrons. The van der Waals surface area contributed by atoms with E-state index in [2.05, 4.69) is 11.8 Å². The van der Waals surface area contributed by atoms with Crippen molar-refractivity contribution in [3.05, 3.63) is 0 Å². The molecule has 8 heavy (non-hydrogen) atoms. The maximum atomic E-state index is 9.55. The maximum Gasteiger partial charge on any atom is 0.284 e. The zero-order valence-corrected chi connectivity index (χ0v) is 5.41. The van der Waals surface area contributed by atoms with Crippen molar-refractivity contribution in [2.75, 3.05) is 0 Å². The van der Waals surface area contributed by atoms with Gasteiger partial charge in [-0.3, -0.25) is 4.79 Å². The second kappa shape index (κ2) is 2.52. The molecule has 0 aromatic rings. The van der Waals surface area contributed by atoms with Crippen LogP contribution in [0.2, 0.25) is 0 Å². The molecule has 0 saturated carbocycles. The Morgan fingerprint density at radius 3 is 1.88 bits per heavy atom. The van der Waals surface area contributed by atoms with Crippen LogP contribution in [0.5, 0.6) is 0 Å². The van der Waals surface area contributed by atoms with Crippen molar-refractivity contribution in [2.24, 2.45) is 5.41 Å². The highest BCUT2D eigenvalue weighted by Crippen LogP contribution is 2.08.